The number of phenols is 1. The summed E-state index contributed by atoms with van der Waals surface area (Å²) >= 11 is 3.34. The fourth-order valence-corrected chi connectivity index (χ4v) is 2.43. The van der Waals surface area contributed by atoms with Gasteiger partial charge in [0, 0.05) is 22.6 Å². The molecule has 0 fully saturated rings. The number of phenolic OH excluding ortho intramolecular Hbond substituents is 1. The summed E-state index contributed by atoms with van der Waals surface area (Å²) in [7, 11) is 1.51. The second-order valence-corrected chi connectivity index (χ2v) is 5.69. The molecule has 0 aliphatic carbocycles. The van der Waals surface area contributed by atoms with Crippen LogP contribution >= 0.6 is 15.9 Å². The predicted molar refractivity (Wildman–Crippen MR) is 84.0 cm³/mol. The Kier molecular flexibility index (Phi) is 5.20. The van der Waals surface area contributed by atoms with Crippen LogP contribution in [0.25, 0.3) is 0 Å². The lowest BCUT2D eigenvalue weighted by molar-refractivity contribution is 0.372. The maximum Gasteiger partial charge on any atom is 0.160 e. The summed E-state index contributed by atoms with van der Waals surface area (Å²) < 4.78 is 19.6. The highest BCUT2D eigenvalue weighted by atomic mass is 79.9. The van der Waals surface area contributed by atoms with Gasteiger partial charge in [-0.3, -0.25) is 0 Å². The zero-order valence-electron chi connectivity index (χ0n) is 11.9. The summed E-state index contributed by atoms with van der Waals surface area (Å²) in [6.07, 6.45) is 0. The Hall–Kier alpha value is -1.59. The minimum absolute atomic E-state index is 0.00196. The van der Waals surface area contributed by atoms with Gasteiger partial charge in [0.1, 0.15) is 5.82 Å². The lowest BCUT2D eigenvalue weighted by atomic mass is 10.1. The van der Waals surface area contributed by atoms with Gasteiger partial charge in [0.25, 0.3) is 0 Å². The second-order valence-electron chi connectivity index (χ2n) is 4.77. The van der Waals surface area contributed by atoms with Crippen LogP contribution in [0.2, 0.25) is 0 Å². The molecule has 2 rings (SSSR count). The third-order valence-electron chi connectivity index (χ3n) is 3.31. The van der Waals surface area contributed by atoms with Crippen molar-refractivity contribution in [3.8, 4) is 11.5 Å². The maximum atomic E-state index is 13.7. The first kappa shape index (κ1) is 15.8. The zero-order valence-corrected chi connectivity index (χ0v) is 13.4. The van der Waals surface area contributed by atoms with Crippen molar-refractivity contribution in [2.75, 3.05) is 7.11 Å². The summed E-state index contributed by atoms with van der Waals surface area (Å²) in [5.74, 6) is 0.294. The Morgan fingerprint density at radius 3 is 2.76 bits per heavy atom. The van der Waals surface area contributed by atoms with Gasteiger partial charge in [-0.2, -0.15) is 0 Å². The fraction of sp³-hybridized carbons (Fsp3) is 0.250. The van der Waals surface area contributed by atoms with Crippen LogP contribution in [0.15, 0.2) is 40.9 Å². The van der Waals surface area contributed by atoms with E-state index in [0.717, 1.165) is 10.0 Å². The van der Waals surface area contributed by atoms with E-state index in [-0.39, 0.29) is 17.6 Å². The van der Waals surface area contributed by atoms with Crippen LogP contribution in [0.3, 0.4) is 0 Å². The largest absolute Gasteiger partial charge is 0.504 e. The van der Waals surface area contributed by atoms with Gasteiger partial charge >= 0.3 is 0 Å². The molecule has 0 aliphatic rings. The van der Waals surface area contributed by atoms with Crippen molar-refractivity contribution in [2.45, 2.75) is 19.5 Å². The number of hydrogen-bond donors (Lipinski definition) is 2. The number of methoxy groups -OCH3 is 1. The van der Waals surface area contributed by atoms with Crippen LogP contribution in [-0.2, 0) is 6.54 Å². The van der Waals surface area contributed by atoms with Crippen LogP contribution in [-0.4, -0.2) is 12.2 Å². The number of ether oxygens (including phenoxy) is 1. The van der Waals surface area contributed by atoms with Gasteiger partial charge in [-0.15, -0.1) is 0 Å². The smallest absolute Gasteiger partial charge is 0.160 e. The molecule has 0 spiro atoms. The molecule has 2 N–H and O–H groups in total. The Balaban J connectivity index is 2.08. The second kappa shape index (κ2) is 6.91. The molecule has 1 unspecified atom stereocenters. The van der Waals surface area contributed by atoms with Crippen molar-refractivity contribution in [3.63, 3.8) is 0 Å². The molecule has 21 heavy (non-hydrogen) atoms. The molecule has 2 aromatic carbocycles. The van der Waals surface area contributed by atoms with Gasteiger partial charge in [0.2, 0.25) is 0 Å². The van der Waals surface area contributed by atoms with E-state index in [1.807, 2.05) is 13.0 Å². The quantitative estimate of drug-likeness (QED) is 0.848. The summed E-state index contributed by atoms with van der Waals surface area (Å²) in [6, 6.07) is 10.0. The number of benzene rings is 2. The van der Waals surface area contributed by atoms with Crippen LogP contribution in [0.4, 0.5) is 4.39 Å². The topological polar surface area (TPSA) is 41.5 Å². The normalized spacial score (nSPS) is 12.2. The van der Waals surface area contributed by atoms with Gasteiger partial charge in [-0.1, -0.05) is 22.0 Å². The van der Waals surface area contributed by atoms with Crippen molar-refractivity contribution < 1.29 is 14.2 Å². The molecule has 0 aromatic heterocycles. The number of nitrogens with one attached hydrogen (secondary N) is 1. The summed E-state index contributed by atoms with van der Waals surface area (Å²) in [5, 5.41) is 12.8. The first-order chi connectivity index (χ1) is 10.0. The standard InChI is InChI=1S/C16H17BrFNO2/c1-10(11-3-6-15(20)16(8-11)21-2)19-9-12-7-13(17)4-5-14(12)18/h3-8,10,19-20H,9H2,1-2H3. The van der Waals surface area contributed by atoms with Gasteiger partial charge in [-0.05, 0) is 42.8 Å². The fourth-order valence-electron chi connectivity index (χ4n) is 2.02. The molecule has 5 heteroatoms. The van der Waals surface area contributed by atoms with Crippen LogP contribution in [0, 0.1) is 5.82 Å². The molecule has 112 valence electrons. The molecule has 0 bridgehead atoms. The lowest BCUT2D eigenvalue weighted by Gasteiger charge is -2.16. The van der Waals surface area contributed by atoms with Crippen molar-refractivity contribution in [2.24, 2.45) is 0 Å². The molecular weight excluding hydrogens is 337 g/mol. The summed E-state index contributed by atoms with van der Waals surface area (Å²) in [5.41, 5.74) is 1.56. The monoisotopic (exact) mass is 353 g/mol. The highest BCUT2D eigenvalue weighted by Crippen LogP contribution is 2.29. The Bertz CT molecular complexity index is 634. The highest BCUT2D eigenvalue weighted by molar-refractivity contribution is 9.10. The SMILES string of the molecule is COc1cc(C(C)NCc2cc(Br)ccc2F)ccc1O. The first-order valence-corrected chi connectivity index (χ1v) is 7.34. The van der Waals surface area contributed by atoms with E-state index in [9.17, 15) is 9.50 Å². The van der Waals surface area contributed by atoms with Crippen LogP contribution < -0.4 is 10.1 Å². The predicted octanol–water partition coefficient (Wildman–Crippen LogP) is 4.15. The Morgan fingerprint density at radius 1 is 1.29 bits per heavy atom. The number of hydrogen-bond acceptors (Lipinski definition) is 3. The summed E-state index contributed by atoms with van der Waals surface area (Å²) in [4.78, 5) is 0. The third kappa shape index (κ3) is 3.95. The maximum absolute atomic E-state index is 13.7. The lowest BCUT2D eigenvalue weighted by Crippen LogP contribution is -2.18. The molecule has 3 nitrogen and oxygen atoms in total. The van der Waals surface area contributed by atoms with E-state index in [4.69, 9.17) is 4.74 Å². The Labute approximate surface area is 131 Å². The van der Waals surface area contributed by atoms with E-state index in [0.29, 0.717) is 17.9 Å². The van der Waals surface area contributed by atoms with E-state index in [1.54, 1.807) is 24.3 Å². The number of halogens is 2. The summed E-state index contributed by atoms with van der Waals surface area (Å²) in [6.45, 7) is 2.39. The van der Waals surface area contributed by atoms with Gasteiger partial charge in [0.05, 0.1) is 7.11 Å². The van der Waals surface area contributed by atoms with Crippen molar-refractivity contribution in [1.29, 1.82) is 0 Å². The minimum atomic E-state index is -0.235. The average Bonchev–Trinajstić information content (AvgIpc) is 2.48. The highest BCUT2D eigenvalue weighted by Gasteiger charge is 2.10. The van der Waals surface area contributed by atoms with Crippen LogP contribution in [0.1, 0.15) is 24.1 Å². The first-order valence-electron chi connectivity index (χ1n) is 6.55. The number of rotatable bonds is 5. The molecule has 0 saturated carbocycles. The van der Waals surface area contributed by atoms with Crippen LogP contribution in [0.5, 0.6) is 11.5 Å². The average molecular weight is 354 g/mol. The molecule has 0 heterocycles. The van der Waals surface area contributed by atoms with Gasteiger partial charge < -0.3 is 15.2 Å². The molecule has 0 amide bonds. The molecular formula is C16H17BrFNO2. The Morgan fingerprint density at radius 2 is 2.05 bits per heavy atom. The van der Waals surface area contributed by atoms with E-state index in [2.05, 4.69) is 21.2 Å². The molecule has 0 radical (unpaired) electrons. The van der Waals surface area contributed by atoms with E-state index >= 15 is 0 Å². The number of aromatic hydroxyl groups is 1. The molecule has 1 atom stereocenters. The molecule has 0 aliphatic heterocycles. The minimum Gasteiger partial charge on any atom is -0.504 e. The molecule has 2 aromatic rings. The van der Waals surface area contributed by atoms with E-state index < -0.39 is 0 Å². The molecule has 0 saturated heterocycles. The van der Waals surface area contributed by atoms with Gasteiger partial charge in [0.15, 0.2) is 11.5 Å². The zero-order chi connectivity index (χ0) is 15.4. The third-order valence-corrected chi connectivity index (χ3v) is 3.80. The van der Waals surface area contributed by atoms with E-state index in [1.165, 1.54) is 13.2 Å². The van der Waals surface area contributed by atoms with Crippen molar-refractivity contribution in [1.82, 2.24) is 5.32 Å². The van der Waals surface area contributed by atoms with Crippen molar-refractivity contribution >= 4 is 15.9 Å². The van der Waals surface area contributed by atoms with Crippen molar-refractivity contribution in [3.05, 3.63) is 57.8 Å². The van der Waals surface area contributed by atoms with Gasteiger partial charge in [-0.25, -0.2) is 4.39 Å².